The van der Waals surface area contributed by atoms with Crippen LogP contribution >= 0.6 is 15.9 Å². The molecule has 1 heterocycles. The second-order valence-corrected chi connectivity index (χ2v) is 6.50. The Kier molecular flexibility index (Phi) is 4.28. The van der Waals surface area contributed by atoms with Crippen LogP contribution in [0.2, 0.25) is 0 Å². The van der Waals surface area contributed by atoms with E-state index in [2.05, 4.69) is 15.9 Å². The lowest BCUT2D eigenvalue weighted by atomic mass is 9.74. The number of carbonyl (C=O) groups excluding carboxylic acids is 1. The van der Waals surface area contributed by atoms with Crippen LogP contribution in [0.15, 0.2) is 21.2 Å². The van der Waals surface area contributed by atoms with E-state index in [1.165, 1.54) is 0 Å². The third kappa shape index (κ3) is 3.14. The highest BCUT2D eigenvalue weighted by Gasteiger charge is 2.42. The number of rotatable bonds is 4. The van der Waals surface area contributed by atoms with Gasteiger partial charge in [-0.1, -0.05) is 0 Å². The number of halogens is 1. The van der Waals surface area contributed by atoms with Crippen LogP contribution < -0.4 is 5.73 Å². The molecular weight excluding hydrogens is 296 g/mol. The Morgan fingerprint density at radius 2 is 1.94 bits per heavy atom. The van der Waals surface area contributed by atoms with Crippen LogP contribution in [0.5, 0.6) is 0 Å². The average Bonchev–Trinajstić information content (AvgIpc) is 2.61. The Balaban J connectivity index is 2.79. The quantitative estimate of drug-likeness (QED) is 0.929. The molecular formula is C13H21BrN2O2. The Morgan fingerprint density at radius 1 is 1.39 bits per heavy atom. The molecule has 5 heteroatoms. The predicted octanol–water partition coefficient (Wildman–Crippen LogP) is 2.76. The minimum absolute atomic E-state index is 0.00234. The second-order valence-electron chi connectivity index (χ2n) is 5.71. The summed E-state index contributed by atoms with van der Waals surface area (Å²) in [7, 11) is 1.76. The maximum atomic E-state index is 12.4. The van der Waals surface area contributed by atoms with Gasteiger partial charge in [-0.3, -0.25) is 4.79 Å². The number of hydrogen-bond acceptors (Lipinski definition) is 3. The molecule has 0 fully saturated rings. The molecule has 0 radical (unpaired) electrons. The summed E-state index contributed by atoms with van der Waals surface area (Å²) < 4.78 is 6.06. The van der Waals surface area contributed by atoms with E-state index < -0.39 is 11.0 Å². The van der Waals surface area contributed by atoms with Gasteiger partial charge in [0.1, 0.15) is 5.76 Å². The number of nitrogens with two attached hydrogens (primary N) is 1. The number of hydrogen-bond donors (Lipinski definition) is 1. The highest BCUT2D eigenvalue weighted by molar-refractivity contribution is 9.10. The normalized spacial score (nSPS) is 12.6. The predicted molar refractivity (Wildman–Crippen MR) is 74.9 cm³/mol. The van der Waals surface area contributed by atoms with Crippen molar-refractivity contribution in [3.8, 4) is 0 Å². The lowest BCUT2D eigenvalue weighted by Crippen LogP contribution is -2.55. The second kappa shape index (κ2) is 5.05. The van der Waals surface area contributed by atoms with E-state index in [-0.39, 0.29) is 5.91 Å². The van der Waals surface area contributed by atoms with Crippen LogP contribution in [0, 0.1) is 5.41 Å². The van der Waals surface area contributed by atoms with Gasteiger partial charge in [-0.25, -0.2) is 0 Å². The highest BCUT2D eigenvalue weighted by Crippen LogP contribution is 2.30. The van der Waals surface area contributed by atoms with Crippen LogP contribution in [-0.4, -0.2) is 23.4 Å². The standard InChI is InChI=1S/C13H21BrN2O2/c1-12(2,13(3,4)15)11(17)16(5)8-9-6-7-10(14)18-9/h6-7H,8,15H2,1-5H3. The minimum atomic E-state index is -0.633. The molecule has 0 aliphatic rings. The number of furan rings is 1. The van der Waals surface area contributed by atoms with Gasteiger partial charge in [-0.05, 0) is 55.8 Å². The highest BCUT2D eigenvalue weighted by atomic mass is 79.9. The van der Waals surface area contributed by atoms with Gasteiger partial charge in [0.2, 0.25) is 5.91 Å². The van der Waals surface area contributed by atoms with Crippen molar-refractivity contribution in [2.45, 2.75) is 39.8 Å². The molecule has 4 nitrogen and oxygen atoms in total. The largest absolute Gasteiger partial charge is 0.452 e. The topological polar surface area (TPSA) is 59.5 Å². The van der Waals surface area contributed by atoms with Crippen molar-refractivity contribution < 1.29 is 9.21 Å². The van der Waals surface area contributed by atoms with E-state index in [0.717, 1.165) is 5.76 Å². The summed E-state index contributed by atoms with van der Waals surface area (Å²) in [6.07, 6.45) is 0. The monoisotopic (exact) mass is 316 g/mol. The maximum Gasteiger partial charge on any atom is 0.230 e. The van der Waals surface area contributed by atoms with Gasteiger partial charge in [0.15, 0.2) is 4.67 Å². The first-order chi connectivity index (χ1) is 8.05. The van der Waals surface area contributed by atoms with Gasteiger partial charge in [-0.2, -0.15) is 0 Å². The third-order valence-electron chi connectivity index (χ3n) is 3.51. The van der Waals surface area contributed by atoms with Crippen LogP contribution in [0.25, 0.3) is 0 Å². The molecule has 0 saturated carbocycles. The lowest BCUT2D eigenvalue weighted by Gasteiger charge is -2.39. The van der Waals surface area contributed by atoms with E-state index in [1.54, 1.807) is 11.9 Å². The minimum Gasteiger partial charge on any atom is -0.452 e. The van der Waals surface area contributed by atoms with Crippen molar-refractivity contribution in [2.75, 3.05) is 7.05 Å². The molecule has 0 atom stereocenters. The molecule has 2 N–H and O–H groups in total. The molecule has 0 unspecified atom stereocenters. The molecule has 1 aromatic heterocycles. The SMILES string of the molecule is CN(Cc1ccc(Br)o1)C(=O)C(C)(C)C(C)(C)N. The molecule has 0 spiro atoms. The molecule has 102 valence electrons. The van der Waals surface area contributed by atoms with E-state index in [4.69, 9.17) is 10.2 Å². The van der Waals surface area contributed by atoms with Gasteiger partial charge in [0.25, 0.3) is 0 Å². The summed E-state index contributed by atoms with van der Waals surface area (Å²) in [5, 5.41) is 0. The fraction of sp³-hybridized carbons (Fsp3) is 0.615. The Bertz CT molecular complexity index is 432. The Morgan fingerprint density at radius 3 is 2.33 bits per heavy atom. The first kappa shape index (κ1) is 15.2. The Labute approximate surface area is 117 Å². The van der Waals surface area contributed by atoms with Crippen LogP contribution in [0.3, 0.4) is 0 Å². The first-order valence-electron chi connectivity index (χ1n) is 5.84. The fourth-order valence-electron chi connectivity index (χ4n) is 1.50. The van der Waals surface area contributed by atoms with Crippen molar-refractivity contribution in [3.63, 3.8) is 0 Å². The van der Waals surface area contributed by atoms with E-state index in [0.29, 0.717) is 11.2 Å². The third-order valence-corrected chi connectivity index (χ3v) is 3.94. The smallest absolute Gasteiger partial charge is 0.230 e. The summed E-state index contributed by atoms with van der Waals surface area (Å²) in [4.78, 5) is 14.1. The zero-order valence-corrected chi connectivity index (χ0v) is 13.2. The summed E-state index contributed by atoms with van der Waals surface area (Å²) in [6, 6.07) is 3.65. The summed E-state index contributed by atoms with van der Waals surface area (Å²) >= 11 is 3.24. The molecule has 0 aliphatic heterocycles. The first-order valence-corrected chi connectivity index (χ1v) is 6.63. The molecule has 0 aromatic carbocycles. The summed E-state index contributed by atoms with van der Waals surface area (Å²) in [5.74, 6) is 0.742. The van der Waals surface area contributed by atoms with Gasteiger partial charge in [0, 0.05) is 12.6 Å². The van der Waals surface area contributed by atoms with Crippen molar-refractivity contribution in [1.29, 1.82) is 0 Å². The zero-order chi connectivity index (χ0) is 14.1. The van der Waals surface area contributed by atoms with Crippen molar-refractivity contribution in [1.82, 2.24) is 4.90 Å². The molecule has 0 aliphatic carbocycles. The van der Waals surface area contributed by atoms with Crippen LogP contribution in [0.1, 0.15) is 33.5 Å². The molecule has 1 aromatic rings. The van der Waals surface area contributed by atoms with Gasteiger partial charge < -0.3 is 15.1 Å². The van der Waals surface area contributed by atoms with Crippen LogP contribution in [-0.2, 0) is 11.3 Å². The fourth-order valence-corrected chi connectivity index (χ4v) is 1.84. The van der Waals surface area contributed by atoms with Crippen molar-refractivity contribution in [2.24, 2.45) is 11.1 Å². The maximum absolute atomic E-state index is 12.4. The van der Waals surface area contributed by atoms with Gasteiger partial charge in [-0.15, -0.1) is 0 Å². The summed E-state index contributed by atoms with van der Waals surface area (Å²) in [5.41, 5.74) is 4.86. The molecule has 18 heavy (non-hydrogen) atoms. The van der Waals surface area contributed by atoms with E-state index in [9.17, 15) is 4.79 Å². The van der Waals surface area contributed by atoms with E-state index in [1.807, 2.05) is 39.8 Å². The number of amides is 1. The molecule has 1 rings (SSSR count). The molecule has 1 amide bonds. The van der Waals surface area contributed by atoms with Crippen LogP contribution in [0.4, 0.5) is 0 Å². The van der Waals surface area contributed by atoms with Gasteiger partial charge >= 0.3 is 0 Å². The lowest BCUT2D eigenvalue weighted by molar-refractivity contribution is -0.142. The number of carbonyl (C=O) groups is 1. The molecule has 0 saturated heterocycles. The van der Waals surface area contributed by atoms with Gasteiger partial charge in [0.05, 0.1) is 12.0 Å². The van der Waals surface area contributed by atoms with E-state index >= 15 is 0 Å². The zero-order valence-electron chi connectivity index (χ0n) is 11.6. The van der Waals surface area contributed by atoms with Crippen molar-refractivity contribution in [3.05, 3.63) is 22.6 Å². The van der Waals surface area contributed by atoms with Crippen molar-refractivity contribution >= 4 is 21.8 Å². The average molecular weight is 317 g/mol. The summed E-state index contributed by atoms with van der Waals surface area (Å²) in [6.45, 7) is 7.89. The Hall–Kier alpha value is -0.810. The molecule has 0 bridgehead atoms. The number of nitrogens with zero attached hydrogens (tertiary/aromatic N) is 1.